The number of unbranched alkanes of at least 4 members (excludes halogenated alkanes) is 3. The summed E-state index contributed by atoms with van der Waals surface area (Å²) < 4.78 is 15.7. The first-order chi connectivity index (χ1) is 29.1. The number of nitrogens with zero attached hydrogens (tertiary/aromatic N) is 3. The third-order valence-electron chi connectivity index (χ3n) is 10.2. The minimum atomic E-state index is 0.0327. The quantitative estimate of drug-likeness (QED) is 0.0421. The number of Topliss-reactive ketones (excluding diaryl/α,β-unsaturated/α-hetero) is 3. The Kier molecular flexibility index (Phi) is 18.6. The van der Waals surface area contributed by atoms with E-state index in [4.69, 9.17) is 18.7 Å². The highest BCUT2D eigenvalue weighted by Gasteiger charge is 2.26. The number of carbonyl (C=O) groups is 3. The molecule has 2 atom stereocenters. The molecule has 60 heavy (non-hydrogen) atoms. The number of carbonyl (C=O) groups excluding carboxylic acids is 3. The first kappa shape index (κ1) is 46.0. The molecule has 1 aliphatic rings. The van der Waals surface area contributed by atoms with Gasteiger partial charge in [-0.1, -0.05) is 116 Å². The van der Waals surface area contributed by atoms with Gasteiger partial charge in [-0.05, 0) is 79.7 Å². The van der Waals surface area contributed by atoms with Gasteiger partial charge in [0.2, 0.25) is 0 Å². The molecule has 0 bridgehead atoms. The summed E-state index contributed by atoms with van der Waals surface area (Å²) >= 11 is 3.14. The van der Waals surface area contributed by atoms with Gasteiger partial charge in [0.25, 0.3) is 0 Å². The van der Waals surface area contributed by atoms with Crippen LogP contribution in [0, 0.1) is 24.7 Å². The van der Waals surface area contributed by atoms with Crippen LogP contribution in [0.3, 0.4) is 0 Å². The molecule has 0 spiro atoms. The molecule has 5 heterocycles. The third kappa shape index (κ3) is 15.2. The summed E-state index contributed by atoms with van der Waals surface area (Å²) in [5.74, 6) is 3.70. The number of benzene rings is 1. The second kappa shape index (κ2) is 24.3. The fourth-order valence-electron chi connectivity index (χ4n) is 5.99. The molecular formula is C48H57N3O7S2. The molecule has 0 amide bonds. The maximum atomic E-state index is 12.1. The van der Waals surface area contributed by atoms with Crippen molar-refractivity contribution in [3.8, 4) is 32.6 Å². The van der Waals surface area contributed by atoms with Crippen molar-refractivity contribution in [2.45, 2.75) is 105 Å². The van der Waals surface area contributed by atoms with Crippen molar-refractivity contribution < 1.29 is 33.1 Å². The number of allylic oxidation sites excluding steroid dienone is 2. The Bertz CT molecular complexity index is 2190. The molecule has 318 valence electrons. The van der Waals surface area contributed by atoms with Gasteiger partial charge in [-0.3, -0.25) is 14.4 Å². The van der Waals surface area contributed by atoms with Gasteiger partial charge in [0.15, 0.2) is 34.6 Å². The van der Waals surface area contributed by atoms with E-state index in [2.05, 4.69) is 48.4 Å². The summed E-state index contributed by atoms with van der Waals surface area (Å²) in [6.45, 7) is 8.68. The lowest BCUT2D eigenvalue weighted by Crippen LogP contribution is -2.00. The zero-order valence-electron chi connectivity index (χ0n) is 35.1. The van der Waals surface area contributed by atoms with E-state index in [-0.39, 0.29) is 24.0 Å². The van der Waals surface area contributed by atoms with Gasteiger partial charge in [-0.25, -0.2) is 0 Å². The lowest BCUT2D eigenvalue weighted by Gasteiger charge is -2.06. The molecule has 1 N–H and O–H groups in total. The summed E-state index contributed by atoms with van der Waals surface area (Å²) in [6, 6.07) is 21.0. The first-order valence-corrected chi connectivity index (χ1v) is 22.8. The molecule has 6 aromatic rings. The Balaban J connectivity index is 0.000000171. The van der Waals surface area contributed by atoms with Gasteiger partial charge in [0.1, 0.15) is 17.1 Å². The number of aryl methyl sites for hydroxylation is 1. The molecule has 2 unspecified atom stereocenters. The number of hydrogen-bond acceptors (Lipinski definition) is 12. The Labute approximate surface area is 361 Å². The Morgan fingerprint density at radius 3 is 1.85 bits per heavy atom. The van der Waals surface area contributed by atoms with Crippen LogP contribution >= 0.6 is 22.7 Å². The van der Waals surface area contributed by atoms with Gasteiger partial charge in [-0.15, -0.1) is 22.7 Å². The van der Waals surface area contributed by atoms with Crippen LogP contribution in [-0.2, 0) is 0 Å². The van der Waals surface area contributed by atoms with E-state index in [0.29, 0.717) is 71.4 Å². The molecular weight excluding hydrogens is 795 g/mol. The van der Waals surface area contributed by atoms with Gasteiger partial charge in [0.05, 0.1) is 9.75 Å². The SMILES string of the molecule is CC(CO)CCCCCCC(=O)c1cc(-c2cccs2)on1.CCC(C)/C=C/CCC(=O)c1cc(-c2cccs2)on1.Cc1ccc(-c2cc(C(=O)CC3CC3)no2)cc1. The average molecular weight is 852 g/mol. The van der Waals surface area contributed by atoms with Crippen LogP contribution < -0.4 is 0 Å². The molecule has 12 heteroatoms. The summed E-state index contributed by atoms with van der Waals surface area (Å²) in [7, 11) is 0. The Morgan fingerprint density at radius 1 is 0.750 bits per heavy atom. The normalized spacial score (nSPS) is 13.3. The number of aromatic nitrogens is 3. The number of aliphatic hydroxyl groups is 1. The number of hydrogen-bond donors (Lipinski definition) is 1. The van der Waals surface area contributed by atoms with E-state index in [1.807, 2.05) is 66.2 Å². The first-order valence-electron chi connectivity index (χ1n) is 21.1. The predicted octanol–water partition coefficient (Wildman–Crippen LogP) is 13.2. The maximum absolute atomic E-state index is 12.1. The van der Waals surface area contributed by atoms with Gasteiger partial charge >= 0.3 is 0 Å². The summed E-state index contributed by atoms with van der Waals surface area (Å²) in [6.07, 6.45) is 15.3. The highest BCUT2D eigenvalue weighted by Crippen LogP contribution is 2.34. The molecule has 1 fully saturated rings. The van der Waals surface area contributed by atoms with Crippen LogP contribution in [0.5, 0.6) is 0 Å². The van der Waals surface area contributed by atoms with Crippen LogP contribution in [0.25, 0.3) is 32.6 Å². The molecule has 0 aliphatic heterocycles. The van der Waals surface area contributed by atoms with Crippen molar-refractivity contribution in [1.29, 1.82) is 0 Å². The Morgan fingerprint density at radius 2 is 1.30 bits per heavy atom. The van der Waals surface area contributed by atoms with Crippen LogP contribution in [0.1, 0.15) is 135 Å². The van der Waals surface area contributed by atoms with E-state index in [0.717, 1.165) is 60.3 Å². The number of aliphatic hydroxyl groups excluding tert-OH is 1. The monoisotopic (exact) mass is 851 g/mol. The number of thiophene rings is 2. The molecule has 7 rings (SSSR count). The van der Waals surface area contributed by atoms with Gasteiger partial charge < -0.3 is 18.7 Å². The van der Waals surface area contributed by atoms with Gasteiger partial charge in [0, 0.05) is 49.6 Å². The van der Waals surface area contributed by atoms with Crippen molar-refractivity contribution >= 4 is 40.0 Å². The molecule has 1 aromatic carbocycles. The van der Waals surface area contributed by atoms with E-state index < -0.39 is 0 Å². The van der Waals surface area contributed by atoms with Crippen LogP contribution in [0.15, 0.2) is 103 Å². The number of ketones is 3. The predicted molar refractivity (Wildman–Crippen MR) is 238 cm³/mol. The molecule has 5 aromatic heterocycles. The zero-order chi connectivity index (χ0) is 42.7. The largest absolute Gasteiger partial charge is 0.396 e. The van der Waals surface area contributed by atoms with Crippen molar-refractivity contribution in [1.82, 2.24) is 15.5 Å². The van der Waals surface area contributed by atoms with E-state index >= 15 is 0 Å². The minimum absolute atomic E-state index is 0.0327. The van der Waals surface area contributed by atoms with E-state index in [1.54, 1.807) is 40.9 Å². The van der Waals surface area contributed by atoms with Gasteiger partial charge in [-0.2, -0.15) is 0 Å². The molecule has 10 nitrogen and oxygen atoms in total. The standard InChI is InChI=1S/C17H23NO3S.C16H19NO2S.C15H15NO2/c1-13(12-19)7-4-2-3-5-8-15(20)14-11-16(21-18-14)17-9-6-10-22-17;1-3-12(2)7-4-5-8-14(18)13-11-15(19-17-13)16-9-6-10-20-16;1-10-2-6-12(7-3-10)15-9-13(16-18-15)14(17)8-11-4-5-11/h6,9-11,13,19H,2-5,7-8,12H2,1H3;4,6-7,9-12H,3,5,8H2,1-2H3;2-3,6-7,9,11H,4-5,8H2,1H3/b;7-4+;. The summed E-state index contributed by atoms with van der Waals surface area (Å²) in [4.78, 5) is 37.9. The van der Waals surface area contributed by atoms with Crippen molar-refractivity contribution in [3.63, 3.8) is 0 Å². The highest BCUT2D eigenvalue weighted by molar-refractivity contribution is 7.13. The fourth-order valence-corrected chi connectivity index (χ4v) is 7.34. The fraction of sp³-hybridized carbons (Fsp3) is 0.417. The smallest absolute Gasteiger partial charge is 0.185 e. The second-order valence-electron chi connectivity index (χ2n) is 15.6. The molecule has 0 radical (unpaired) electrons. The van der Waals surface area contributed by atoms with E-state index in [1.165, 1.54) is 18.4 Å². The van der Waals surface area contributed by atoms with Crippen molar-refractivity contribution in [2.24, 2.45) is 17.8 Å². The molecule has 1 aliphatic carbocycles. The Hall–Kier alpha value is -5.04. The highest BCUT2D eigenvalue weighted by atomic mass is 32.1. The van der Waals surface area contributed by atoms with Crippen molar-refractivity contribution in [2.75, 3.05) is 6.61 Å². The van der Waals surface area contributed by atoms with Crippen molar-refractivity contribution in [3.05, 3.63) is 112 Å². The lowest BCUT2D eigenvalue weighted by atomic mass is 10.0. The molecule has 0 saturated heterocycles. The van der Waals surface area contributed by atoms with Crippen LogP contribution in [0.2, 0.25) is 0 Å². The second-order valence-corrected chi connectivity index (χ2v) is 17.5. The third-order valence-corrected chi connectivity index (χ3v) is 12.0. The average Bonchev–Trinajstić information content (AvgIpc) is 3.97. The summed E-state index contributed by atoms with van der Waals surface area (Å²) in [5.41, 5.74) is 3.46. The maximum Gasteiger partial charge on any atom is 0.185 e. The lowest BCUT2D eigenvalue weighted by molar-refractivity contribution is 0.0960. The van der Waals surface area contributed by atoms with E-state index in [9.17, 15) is 14.4 Å². The van der Waals surface area contributed by atoms with Crippen LogP contribution in [-0.4, -0.2) is 44.5 Å². The minimum Gasteiger partial charge on any atom is -0.396 e. The zero-order valence-corrected chi connectivity index (χ0v) is 36.8. The number of rotatable bonds is 21. The van der Waals surface area contributed by atoms with Crippen LogP contribution in [0.4, 0.5) is 0 Å². The molecule has 1 saturated carbocycles. The topological polar surface area (TPSA) is 150 Å². The summed E-state index contributed by atoms with van der Waals surface area (Å²) in [5, 5.41) is 24.5.